The van der Waals surface area contributed by atoms with Crippen LogP contribution in [0, 0.1) is 0 Å². The molecule has 28 heavy (non-hydrogen) atoms. The standard InChI is InChI=1S/C19H23Cl2N3O3S/c1-14-11-15(12-22-14)19(25)24(13-16-17(20)3-2-4-18(16)21)6-5-23-7-9-28(26,27)10-8-23/h2-4,11H,5-10,12-13H2,1H3. The normalized spacial score (nSPS) is 19.2. The summed E-state index contributed by atoms with van der Waals surface area (Å²) in [5.41, 5.74) is 2.18. The first-order valence-corrected chi connectivity index (χ1v) is 11.7. The molecule has 1 fully saturated rings. The van der Waals surface area contributed by atoms with Gasteiger partial charge in [-0.05, 0) is 25.1 Å². The average molecular weight is 444 g/mol. The van der Waals surface area contributed by atoms with Crippen LogP contribution in [0.25, 0.3) is 0 Å². The number of halogens is 2. The Kier molecular flexibility index (Phi) is 6.81. The monoisotopic (exact) mass is 443 g/mol. The molecule has 2 aliphatic heterocycles. The number of nitrogens with zero attached hydrogens (tertiary/aromatic N) is 3. The van der Waals surface area contributed by atoms with E-state index in [9.17, 15) is 13.2 Å². The van der Waals surface area contributed by atoms with Crippen molar-refractivity contribution in [2.45, 2.75) is 13.5 Å². The summed E-state index contributed by atoms with van der Waals surface area (Å²) in [7, 11) is -2.93. The molecule has 0 atom stereocenters. The maximum absolute atomic E-state index is 13.1. The van der Waals surface area contributed by atoms with Crippen molar-refractivity contribution in [3.05, 3.63) is 45.5 Å². The Morgan fingerprint density at radius 1 is 1.21 bits per heavy atom. The zero-order chi connectivity index (χ0) is 20.3. The van der Waals surface area contributed by atoms with Gasteiger partial charge in [-0.3, -0.25) is 14.7 Å². The van der Waals surface area contributed by atoms with Crippen LogP contribution in [0.3, 0.4) is 0 Å². The van der Waals surface area contributed by atoms with Crippen molar-refractivity contribution in [2.75, 3.05) is 44.2 Å². The van der Waals surface area contributed by atoms with E-state index in [0.717, 1.165) is 5.71 Å². The average Bonchev–Trinajstić information content (AvgIpc) is 3.08. The fraction of sp³-hybridized carbons (Fsp3) is 0.474. The smallest absolute Gasteiger partial charge is 0.252 e. The zero-order valence-electron chi connectivity index (χ0n) is 15.7. The molecule has 1 saturated heterocycles. The van der Waals surface area contributed by atoms with Gasteiger partial charge in [-0.25, -0.2) is 8.42 Å². The van der Waals surface area contributed by atoms with Crippen LogP contribution in [0.1, 0.15) is 12.5 Å². The third-order valence-electron chi connectivity index (χ3n) is 4.98. The summed E-state index contributed by atoms with van der Waals surface area (Å²) in [4.78, 5) is 21.1. The van der Waals surface area contributed by atoms with Crippen molar-refractivity contribution in [2.24, 2.45) is 4.99 Å². The number of carbonyl (C=O) groups is 1. The van der Waals surface area contributed by atoms with Crippen molar-refractivity contribution in [3.63, 3.8) is 0 Å². The van der Waals surface area contributed by atoms with Gasteiger partial charge in [0.25, 0.3) is 5.91 Å². The summed E-state index contributed by atoms with van der Waals surface area (Å²) in [6.45, 7) is 4.56. The molecule has 0 unspecified atom stereocenters. The zero-order valence-corrected chi connectivity index (χ0v) is 18.0. The van der Waals surface area contributed by atoms with Gasteiger partial charge in [-0.1, -0.05) is 29.3 Å². The topological polar surface area (TPSA) is 70.1 Å². The highest BCUT2D eigenvalue weighted by Gasteiger charge is 2.25. The predicted molar refractivity (Wildman–Crippen MR) is 113 cm³/mol. The summed E-state index contributed by atoms with van der Waals surface area (Å²) in [5.74, 6) is 0.228. The summed E-state index contributed by atoms with van der Waals surface area (Å²) in [5, 5.41) is 1.03. The van der Waals surface area contributed by atoms with Crippen molar-refractivity contribution in [1.82, 2.24) is 9.80 Å². The van der Waals surface area contributed by atoms with Gasteiger partial charge in [-0.15, -0.1) is 0 Å². The number of carbonyl (C=O) groups excluding carboxylic acids is 1. The highest BCUT2D eigenvalue weighted by molar-refractivity contribution is 7.91. The summed E-state index contributed by atoms with van der Waals surface area (Å²) in [6, 6.07) is 5.28. The van der Waals surface area contributed by atoms with Crippen LogP contribution in [-0.4, -0.2) is 74.1 Å². The lowest BCUT2D eigenvalue weighted by Crippen LogP contribution is -2.45. The maximum Gasteiger partial charge on any atom is 0.252 e. The number of benzene rings is 1. The fourth-order valence-corrected chi connectivity index (χ4v) is 5.04. The SMILES string of the molecule is CC1=NCC(C(=O)N(CCN2CCS(=O)(=O)CC2)Cc2c(Cl)cccc2Cl)=C1. The minimum absolute atomic E-state index is 0.0961. The molecule has 0 bridgehead atoms. The molecule has 3 rings (SSSR count). The number of hydrogen-bond acceptors (Lipinski definition) is 5. The predicted octanol–water partition coefficient (Wildman–Crippen LogP) is 2.45. The summed E-state index contributed by atoms with van der Waals surface area (Å²) >= 11 is 12.6. The quantitative estimate of drug-likeness (QED) is 0.676. The van der Waals surface area contributed by atoms with Gasteiger partial charge in [0.15, 0.2) is 9.84 Å². The fourth-order valence-electron chi connectivity index (χ4n) is 3.25. The number of hydrogen-bond donors (Lipinski definition) is 0. The first-order chi connectivity index (χ1) is 13.2. The second-order valence-corrected chi connectivity index (χ2v) is 10.2. The van der Waals surface area contributed by atoms with Crippen LogP contribution >= 0.6 is 23.2 Å². The van der Waals surface area contributed by atoms with Crippen LogP contribution in [0.15, 0.2) is 34.8 Å². The Bertz CT molecular complexity index is 894. The Morgan fingerprint density at radius 3 is 2.43 bits per heavy atom. The molecule has 0 aromatic heterocycles. The Hall–Kier alpha value is -1.41. The largest absolute Gasteiger partial charge is 0.333 e. The molecule has 0 N–H and O–H groups in total. The van der Waals surface area contributed by atoms with E-state index in [4.69, 9.17) is 23.2 Å². The molecule has 0 saturated carbocycles. The number of rotatable bonds is 6. The molecule has 1 aromatic carbocycles. The van der Waals surface area contributed by atoms with Gasteiger partial charge in [0.2, 0.25) is 0 Å². The molecule has 6 nitrogen and oxygen atoms in total. The van der Waals surface area contributed by atoms with Gasteiger partial charge >= 0.3 is 0 Å². The Balaban J connectivity index is 1.73. The van der Waals surface area contributed by atoms with Gasteiger partial charge in [-0.2, -0.15) is 0 Å². The van der Waals surface area contributed by atoms with E-state index in [2.05, 4.69) is 9.89 Å². The lowest BCUT2D eigenvalue weighted by atomic mass is 10.1. The molecule has 0 radical (unpaired) electrons. The van der Waals surface area contributed by atoms with Crippen molar-refractivity contribution in [1.29, 1.82) is 0 Å². The molecule has 1 amide bonds. The molecule has 2 aliphatic rings. The summed E-state index contributed by atoms with van der Waals surface area (Å²) in [6.07, 6.45) is 1.80. The molecule has 0 aliphatic carbocycles. The molecular formula is C19H23Cl2N3O3S. The van der Waals surface area contributed by atoms with Gasteiger partial charge in [0, 0.05) is 59.6 Å². The van der Waals surface area contributed by atoms with E-state index >= 15 is 0 Å². The van der Waals surface area contributed by atoms with Crippen molar-refractivity contribution >= 4 is 44.7 Å². The number of amides is 1. The van der Waals surface area contributed by atoms with E-state index < -0.39 is 9.84 Å². The summed E-state index contributed by atoms with van der Waals surface area (Å²) < 4.78 is 23.2. The van der Waals surface area contributed by atoms with Crippen LogP contribution in [0.4, 0.5) is 0 Å². The van der Waals surface area contributed by atoms with Gasteiger partial charge in [0.1, 0.15) is 0 Å². The number of sulfone groups is 1. The van der Waals surface area contributed by atoms with Gasteiger partial charge < -0.3 is 4.90 Å². The Labute approximate surface area is 175 Å². The molecule has 2 heterocycles. The minimum atomic E-state index is -2.93. The van der Waals surface area contributed by atoms with Crippen molar-refractivity contribution in [3.8, 4) is 0 Å². The minimum Gasteiger partial charge on any atom is -0.333 e. The van der Waals surface area contributed by atoms with Gasteiger partial charge in [0.05, 0.1) is 18.1 Å². The molecule has 9 heteroatoms. The first kappa shape index (κ1) is 21.3. The lowest BCUT2D eigenvalue weighted by molar-refractivity contribution is -0.127. The van der Waals surface area contributed by atoms with E-state index in [0.29, 0.717) is 60.5 Å². The maximum atomic E-state index is 13.1. The number of allylic oxidation sites excluding steroid dienone is 1. The Morgan fingerprint density at radius 2 is 1.86 bits per heavy atom. The number of aliphatic imine (C=N–C) groups is 1. The first-order valence-electron chi connectivity index (χ1n) is 9.12. The van der Waals surface area contributed by atoms with E-state index in [1.54, 1.807) is 29.2 Å². The highest BCUT2D eigenvalue weighted by Crippen LogP contribution is 2.26. The van der Waals surface area contributed by atoms with Crippen LogP contribution in [0.5, 0.6) is 0 Å². The van der Waals surface area contributed by atoms with Crippen LogP contribution in [0.2, 0.25) is 10.0 Å². The molecule has 0 spiro atoms. The van der Waals surface area contributed by atoms with Crippen LogP contribution < -0.4 is 0 Å². The highest BCUT2D eigenvalue weighted by atomic mass is 35.5. The molecule has 152 valence electrons. The van der Waals surface area contributed by atoms with Crippen molar-refractivity contribution < 1.29 is 13.2 Å². The van der Waals surface area contributed by atoms with Crippen LogP contribution in [-0.2, 0) is 21.2 Å². The lowest BCUT2D eigenvalue weighted by Gasteiger charge is -2.30. The van der Waals surface area contributed by atoms with E-state index in [1.807, 2.05) is 6.92 Å². The third kappa shape index (κ3) is 5.35. The third-order valence-corrected chi connectivity index (χ3v) is 7.30. The van der Waals surface area contributed by atoms with E-state index in [-0.39, 0.29) is 17.4 Å². The van der Waals surface area contributed by atoms with E-state index in [1.165, 1.54) is 0 Å². The second kappa shape index (κ2) is 8.95. The molecular weight excluding hydrogens is 421 g/mol. The molecule has 1 aromatic rings. The second-order valence-electron chi connectivity index (χ2n) is 7.05.